The van der Waals surface area contributed by atoms with Crippen LogP contribution in [0.3, 0.4) is 0 Å². The number of thioether (sulfide) groups is 1. The van der Waals surface area contributed by atoms with Crippen molar-refractivity contribution in [3.8, 4) is 0 Å². The number of anilines is 1. The van der Waals surface area contributed by atoms with E-state index < -0.39 is 11.7 Å². The van der Waals surface area contributed by atoms with Crippen LogP contribution in [0, 0.1) is 5.92 Å². The second-order valence-electron chi connectivity index (χ2n) is 4.86. The van der Waals surface area contributed by atoms with Crippen LogP contribution >= 0.6 is 11.8 Å². The van der Waals surface area contributed by atoms with Gasteiger partial charge in [-0.2, -0.15) is 24.9 Å². The summed E-state index contributed by atoms with van der Waals surface area (Å²) >= 11 is 1.52. The molecule has 0 heterocycles. The fourth-order valence-corrected chi connectivity index (χ4v) is 2.46. The molecule has 0 fully saturated rings. The Morgan fingerprint density at radius 3 is 2.35 bits per heavy atom. The highest BCUT2D eigenvalue weighted by molar-refractivity contribution is 7.99. The lowest BCUT2D eigenvalue weighted by Gasteiger charge is -2.09. The van der Waals surface area contributed by atoms with Gasteiger partial charge in [-0.05, 0) is 42.4 Å². The molecule has 0 saturated carbocycles. The van der Waals surface area contributed by atoms with Crippen molar-refractivity contribution >= 4 is 23.4 Å². The van der Waals surface area contributed by atoms with Gasteiger partial charge in [-0.15, -0.1) is 0 Å². The summed E-state index contributed by atoms with van der Waals surface area (Å²) in [5.41, 5.74) is -0.339. The zero-order valence-electron chi connectivity index (χ0n) is 11.5. The highest BCUT2D eigenvalue weighted by atomic mass is 32.2. The number of amides is 1. The Morgan fingerprint density at radius 1 is 1.25 bits per heavy atom. The van der Waals surface area contributed by atoms with E-state index in [1.54, 1.807) is 0 Å². The van der Waals surface area contributed by atoms with E-state index in [2.05, 4.69) is 19.2 Å². The molecule has 1 amide bonds. The van der Waals surface area contributed by atoms with Crippen LogP contribution in [-0.4, -0.2) is 17.4 Å². The average Bonchev–Trinajstić information content (AvgIpc) is 2.34. The Bertz CT molecular complexity index is 429. The fourth-order valence-electron chi connectivity index (χ4n) is 1.42. The molecule has 0 aliphatic carbocycles. The van der Waals surface area contributed by atoms with Crippen LogP contribution in [0.25, 0.3) is 0 Å². The van der Waals surface area contributed by atoms with E-state index in [-0.39, 0.29) is 5.91 Å². The Hall–Kier alpha value is -1.17. The van der Waals surface area contributed by atoms with Crippen molar-refractivity contribution in [2.45, 2.75) is 26.4 Å². The van der Waals surface area contributed by atoms with E-state index in [1.807, 2.05) is 0 Å². The highest BCUT2D eigenvalue weighted by Crippen LogP contribution is 2.29. The van der Waals surface area contributed by atoms with E-state index in [0.29, 0.717) is 17.4 Å². The summed E-state index contributed by atoms with van der Waals surface area (Å²) in [4.78, 5) is 11.6. The molecule has 112 valence electrons. The molecule has 0 atom stereocenters. The minimum Gasteiger partial charge on any atom is -0.325 e. The van der Waals surface area contributed by atoms with Gasteiger partial charge in [-0.25, -0.2) is 0 Å². The lowest BCUT2D eigenvalue weighted by Crippen LogP contribution is -2.14. The number of carbonyl (C=O) groups is 1. The molecule has 1 aromatic carbocycles. The maximum Gasteiger partial charge on any atom is 0.416 e. The molecule has 0 aliphatic rings. The van der Waals surface area contributed by atoms with E-state index in [1.165, 1.54) is 23.9 Å². The van der Waals surface area contributed by atoms with Crippen LogP contribution in [0.5, 0.6) is 0 Å². The predicted octanol–water partition coefficient (Wildman–Crippen LogP) is 4.42. The number of hydrogen-bond acceptors (Lipinski definition) is 2. The number of carbonyl (C=O) groups excluding carboxylic acids is 1. The van der Waals surface area contributed by atoms with Gasteiger partial charge < -0.3 is 5.32 Å². The van der Waals surface area contributed by atoms with Gasteiger partial charge in [-0.1, -0.05) is 13.8 Å². The Balaban J connectivity index is 2.39. The molecule has 0 radical (unpaired) electrons. The average molecular weight is 305 g/mol. The monoisotopic (exact) mass is 305 g/mol. The van der Waals surface area contributed by atoms with Crippen LogP contribution in [0.15, 0.2) is 24.3 Å². The minimum atomic E-state index is -4.35. The van der Waals surface area contributed by atoms with Crippen molar-refractivity contribution < 1.29 is 18.0 Å². The molecule has 1 rings (SSSR count). The van der Waals surface area contributed by atoms with Crippen LogP contribution in [-0.2, 0) is 11.0 Å². The van der Waals surface area contributed by atoms with E-state index in [0.717, 1.165) is 24.3 Å². The number of nitrogens with one attached hydrogen (secondary N) is 1. The maximum absolute atomic E-state index is 12.4. The number of alkyl halides is 3. The molecule has 6 heteroatoms. The molecular weight excluding hydrogens is 287 g/mol. The first-order chi connectivity index (χ1) is 9.29. The van der Waals surface area contributed by atoms with Crippen LogP contribution < -0.4 is 5.32 Å². The molecular formula is C14H18F3NOS. The normalized spacial score (nSPS) is 11.7. The third-order valence-electron chi connectivity index (χ3n) is 2.57. The van der Waals surface area contributed by atoms with Gasteiger partial charge >= 0.3 is 6.18 Å². The summed E-state index contributed by atoms with van der Waals surface area (Å²) in [5, 5.41) is 2.58. The maximum atomic E-state index is 12.4. The number of rotatable bonds is 6. The molecule has 0 unspecified atom stereocenters. The van der Waals surface area contributed by atoms with Gasteiger partial charge in [0.05, 0.1) is 11.3 Å². The standard InChI is InChI=1S/C14H18F3NOS/c1-10(2)7-8-20-9-13(19)18-12-5-3-11(4-6-12)14(15,16)17/h3-6,10H,7-9H2,1-2H3,(H,18,19). The SMILES string of the molecule is CC(C)CCSCC(=O)Nc1ccc(C(F)(F)F)cc1. The van der Waals surface area contributed by atoms with E-state index >= 15 is 0 Å². The molecule has 20 heavy (non-hydrogen) atoms. The Labute approximate surface area is 121 Å². The topological polar surface area (TPSA) is 29.1 Å². The van der Waals surface area contributed by atoms with Crippen LogP contribution in [0.1, 0.15) is 25.8 Å². The van der Waals surface area contributed by atoms with Crippen molar-refractivity contribution in [2.24, 2.45) is 5.92 Å². The van der Waals surface area contributed by atoms with Crippen molar-refractivity contribution in [2.75, 3.05) is 16.8 Å². The van der Waals surface area contributed by atoms with Crippen molar-refractivity contribution in [3.05, 3.63) is 29.8 Å². The molecule has 0 saturated heterocycles. The summed E-state index contributed by atoms with van der Waals surface area (Å²) in [6, 6.07) is 4.45. The van der Waals surface area contributed by atoms with Crippen LogP contribution in [0.4, 0.5) is 18.9 Å². The second kappa shape index (κ2) is 7.57. The first kappa shape index (κ1) is 16.9. The van der Waals surface area contributed by atoms with Gasteiger partial charge in [0, 0.05) is 5.69 Å². The second-order valence-corrected chi connectivity index (χ2v) is 5.96. The first-order valence-electron chi connectivity index (χ1n) is 6.34. The molecule has 0 bridgehead atoms. The Kier molecular flexibility index (Phi) is 6.39. The van der Waals surface area contributed by atoms with Crippen LogP contribution in [0.2, 0.25) is 0 Å². The molecule has 2 nitrogen and oxygen atoms in total. The van der Waals surface area contributed by atoms with Crippen molar-refractivity contribution in [1.29, 1.82) is 0 Å². The van der Waals surface area contributed by atoms with Gasteiger partial charge in [0.25, 0.3) is 0 Å². The highest BCUT2D eigenvalue weighted by Gasteiger charge is 2.29. The van der Waals surface area contributed by atoms with Gasteiger partial charge in [0.1, 0.15) is 0 Å². The molecule has 0 spiro atoms. The van der Waals surface area contributed by atoms with Crippen molar-refractivity contribution in [1.82, 2.24) is 0 Å². The summed E-state index contributed by atoms with van der Waals surface area (Å²) in [6.45, 7) is 4.23. The van der Waals surface area contributed by atoms with E-state index in [4.69, 9.17) is 0 Å². The summed E-state index contributed by atoms with van der Waals surface area (Å²) in [7, 11) is 0. The van der Waals surface area contributed by atoms with Gasteiger partial charge in [0.15, 0.2) is 0 Å². The summed E-state index contributed by atoms with van der Waals surface area (Å²) in [6.07, 6.45) is -3.31. The molecule has 0 aromatic heterocycles. The number of hydrogen-bond donors (Lipinski definition) is 1. The Morgan fingerprint density at radius 2 is 1.85 bits per heavy atom. The number of benzene rings is 1. The van der Waals surface area contributed by atoms with Crippen molar-refractivity contribution in [3.63, 3.8) is 0 Å². The zero-order valence-corrected chi connectivity index (χ0v) is 12.3. The predicted molar refractivity (Wildman–Crippen MR) is 76.9 cm³/mol. The van der Waals surface area contributed by atoms with Gasteiger partial charge in [-0.3, -0.25) is 4.79 Å². The van der Waals surface area contributed by atoms with Gasteiger partial charge in [0.2, 0.25) is 5.91 Å². The fraction of sp³-hybridized carbons (Fsp3) is 0.500. The molecule has 0 aliphatic heterocycles. The third kappa shape index (κ3) is 6.32. The summed E-state index contributed by atoms with van der Waals surface area (Å²) < 4.78 is 37.1. The minimum absolute atomic E-state index is 0.196. The smallest absolute Gasteiger partial charge is 0.325 e. The van der Waals surface area contributed by atoms with E-state index in [9.17, 15) is 18.0 Å². The third-order valence-corrected chi connectivity index (χ3v) is 3.56. The molecule has 1 N–H and O–H groups in total. The molecule has 1 aromatic rings. The summed E-state index contributed by atoms with van der Waals surface area (Å²) in [5.74, 6) is 1.62. The first-order valence-corrected chi connectivity index (χ1v) is 7.49. The quantitative estimate of drug-likeness (QED) is 0.788. The largest absolute Gasteiger partial charge is 0.416 e. The zero-order chi connectivity index (χ0) is 15.2. The number of halogens is 3. The lowest BCUT2D eigenvalue weighted by atomic mass is 10.2. The lowest BCUT2D eigenvalue weighted by molar-refractivity contribution is -0.137.